The second kappa shape index (κ2) is 13.3. The zero-order valence-corrected chi connectivity index (χ0v) is 15.8. The van der Waals surface area contributed by atoms with Crippen molar-refractivity contribution in [3.63, 3.8) is 0 Å². The molecular weight excluding hydrogens is 297 g/mol. The Balaban J connectivity index is 0.000000403. The van der Waals surface area contributed by atoms with E-state index in [-0.39, 0.29) is 34.6 Å². The Morgan fingerprint density at radius 3 is 1.48 bits per heavy atom. The molecule has 0 saturated carbocycles. The second-order valence-electron chi connectivity index (χ2n) is 5.38. The fourth-order valence-corrected chi connectivity index (χ4v) is 2.28. The molecule has 0 saturated heterocycles. The maximum Gasteiger partial charge on any atom is 2.00 e. The van der Waals surface area contributed by atoms with Gasteiger partial charge in [-0.15, -0.1) is 11.5 Å². The first-order valence-electron chi connectivity index (χ1n) is 8.13. The molecule has 3 heteroatoms. The van der Waals surface area contributed by atoms with E-state index in [4.69, 9.17) is 0 Å². The average molecular weight is 323 g/mol. The third kappa shape index (κ3) is 8.87. The van der Waals surface area contributed by atoms with E-state index in [0.29, 0.717) is 12.8 Å². The van der Waals surface area contributed by atoms with Crippen LogP contribution in [0.3, 0.4) is 0 Å². The summed E-state index contributed by atoms with van der Waals surface area (Å²) in [4.78, 5) is 0. The predicted octanol–water partition coefficient (Wildman–Crippen LogP) is 3.45. The van der Waals surface area contributed by atoms with Gasteiger partial charge in [0.2, 0.25) is 0 Å². The number of rotatable bonds is 4. The number of allylic oxidation sites excluding steroid dienone is 10. The van der Waals surface area contributed by atoms with Crippen molar-refractivity contribution in [1.82, 2.24) is 0 Å². The third-order valence-corrected chi connectivity index (χ3v) is 3.45. The van der Waals surface area contributed by atoms with E-state index in [0.717, 1.165) is 36.8 Å². The first-order chi connectivity index (χ1) is 10.7. The summed E-state index contributed by atoms with van der Waals surface area (Å²) in [5.74, 6) is 0.550. The fraction of sp³-hybridized carbons (Fsp3) is 0.400. The van der Waals surface area contributed by atoms with Crippen molar-refractivity contribution in [3.8, 4) is 0 Å². The summed E-state index contributed by atoms with van der Waals surface area (Å²) in [7, 11) is 0. The van der Waals surface area contributed by atoms with Gasteiger partial charge in [-0.3, -0.25) is 0 Å². The van der Waals surface area contributed by atoms with Crippen LogP contribution in [0.1, 0.15) is 52.4 Å². The van der Waals surface area contributed by atoms with Crippen molar-refractivity contribution >= 4 is 23.1 Å². The van der Waals surface area contributed by atoms with E-state index in [1.807, 2.05) is 48.6 Å². The van der Waals surface area contributed by atoms with Crippen molar-refractivity contribution in [2.24, 2.45) is 0 Å². The molecule has 0 atom stereocenters. The molecule has 0 N–H and O–H groups in total. The first kappa shape index (κ1) is 21.8. The third-order valence-electron chi connectivity index (χ3n) is 3.45. The van der Waals surface area contributed by atoms with Gasteiger partial charge in [-0.1, -0.05) is 86.4 Å². The van der Waals surface area contributed by atoms with Crippen LogP contribution in [0.25, 0.3) is 0 Å². The Morgan fingerprint density at radius 1 is 0.739 bits per heavy atom. The van der Waals surface area contributed by atoms with Gasteiger partial charge in [0.05, 0.1) is 0 Å². The smallest absolute Gasteiger partial charge is 0.875 e. The molecule has 23 heavy (non-hydrogen) atoms. The zero-order chi connectivity index (χ0) is 16.2. The monoisotopic (exact) mass is 322 g/mol. The van der Waals surface area contributed by atoms with Crippen LogP contribution in [0.2, 0.25) is 0 Å². The van der Waals surface area contributed by atoms with Crippen LogP contribution in [-0.2, 0) is 0 Å². The molecule has 0 aromatic rings. The van der Waals surface area contributed by atoms with Crippen LogP contribution in [0.4, 0.5) is 0 Å². The number of hydrogen-bond acceptors (Lipinski definition) is 2. The summed E-state index contributed by atoms with van der Waals surface area (Å²) >= 11 is 0. The molecule has 0 fully saturated rings. The van der Waals surface area contributed by atoms with Crippen LogP contribution in [0.5, 0.6) is 0 Å². The van der Waals surface area contributed by atoms with E-state index in [1.165, 1.54) is 0 Å². The molecule has 0 aromatic heterocycles. The Kier molecular flexibility index (Phi) is 12.6. The van der Waals surface area contributed by atoms with Crippen LogP contribution < -0.4 is 10.2 Å². The molecule has 2 nitrogen and oxygen atoms in total. The van der Waals surface area contributed by atoms with Gasteiger partial charge in [0.15, 0.2) is 0 Å². The minimum Gasteiger partial charge on any atom is -0.875 e. The minimum atomic E-state index is 0. The molecule has 2 aliphatic carbocycles. The van der Waals surface area contributed by atoms with Gasteiger partial charge in [0.25, 0.3) is 0 Å². The Labute approximate surface area is 156 Å². The summed E-state index contributed by atoms with van der Waals surface area (Å²) in [5, 5.41) is 22.5. The van der Waals surface area contributed by atoms with E-state index < -0.39 is 0 Å². The Hall–Kier alpha value is -1.19. The molecule has 2 rings (SSSR count). The standard InChI is InChI=1S/2C10H14O.Mg/c2*1-2-6-9-7-4-3-5-8-10(9)11;/h2*3-5,7,11H,2,6,8H2,1H3;/q;;+2/p-2. The summed E-state index contributed by atoms with van der Waals surface area (Å²) < 4.78 is 0. The normalized spacial score (nSPS) is 16.4. The summed E-state index contributed by atoms with van der Waals surface area (Å²) in [6.45, 7) is 4.18. The van der Waals surface area contributed by atoms with E-state index in [1.54, 1.807) is 0 Å². The van der Waals surface area contributed by atoms with Gasteiger partial charge in [-0.25, -0.2) is 0 Å². The molecular formula is C20H26MgO2. The largest absolute Gasteiger partial charge is 2.00 e. The molecule has 0 aliphatic heterocycles. The van der Waals surface area contributed by atoms with E-state index >= 15 is 0 Å². The molecule has 0 amide bonds. The zero-order valence-electron chi connectivity index (χ0n) is 14.4. The summed E-state index contributed by atoms with van der Waals surface area (Å²) in [6.07, 6.45) is 20.5. The van der Waals surface area contributed by atoms with Gasteiger partial charge < -0.3 is 10.2 Å². The van der Waals surface area contributed by atoms with E-state index in [2.05, 4.69) is 13.8 Å². The summed E-state index contributed by atoms with van der Waals surface area (Å²) in [5.41, 5.74) is 1.94. The van der Waals surface area contributed by atoms with Gasteiger partial charge in [0.1, 0.15) is 0 Å². The molecule has 0 spiro atoms. The second-order valence-corrected chi connectivity index (χ2v) is 5.38. The van der Waals surface area contributed by atoms with Crippen LogP contribution in [0.15, 0.2) is 71.3 Å². The first-order valence-corrected chi connectivity index (χ1v) is 8.13. The predicted molar refractivity (Wildman–Crippen MR) is 95.4 cm³/mol. The minimum absolute atomic E-state index is 0. The molecule has 0 aromatic carbocycles. The van der Waals surface area contributed by atoms with Crippen molar-refractivity contribution in [1.29, 1.82) is 0 Å². The fourth-order valence-electron chi connectivity index (χ4n) is 2.28. The number of hydrogen-bond donors (Lipinski definition) is 0. The van der Waals surface area contributed by atoms with E-state index in [9.17, 15) is 10.2 Å². The average Bonchev–Trinajstić information content (AvgIpc) is 2.83. The molecule has 2 aliphatic rings. The maximum atomic E-state index is 11.3. The maximum absolute atomic E-state index is 11.3. The van der Waals surface area contributed by atoms with Crippen LogP contribution >= 0.6 is 0 Å². The molecule has 0 heterocycles. The SMILES string of the molecule is CCCC1=C([O-])CC=CC=C1.CCCC1=C([O-])CC=CC=C1.[Mg+2]. The molecule has 0 unspecified atom stereocenters. The Bertz CT molecular complexity index is 472. The van der Waals surface area contributed by atoms with Crippen molar-refractivity contribution in [3.05, 3.63) is 71.3 Å². The van der Waals surface area contributed by atoms with Gasteiger partial charge in [-0.05, 0) is 25.7 Å². The summed E-state index contributed by atoms with van der Waals surface area (Å²) in [6, 6.07) is 0. The van der Waals surface area contributed by atoms with Crippen molar-refractivity contribution < 1.29 is 10.2 Å². The van der Waals surface area contributed by atoms with Gasteiger partial charge >= 0.3 is 23.1 Å². The molecule has 120 valence electrons. The van der Waals surface area contributed by atoms with Crippen LogP contribution in [0, 0.1) is 0 Å². The molecule has 0 bridgehead atoms. The van der Waals surface area contributed by atoms with Gasteiger partial charge in [-0.2, -0.15) is 0 Å². The van der Waals surface area contributed by atoms with Crippen molar-refractivity contribution in [2.45, 2.75) is 52.4 Å². The quantitative estimate of drug-likeness (QED) is 0.744. The van der Waals surface area contributed by atoms with Crippen molar-refractivity contribution in [2.75, 3.05) is 0 Å². The molecule has 0 radical (unpaired) electrons. The topological polar surface area (TPSA) is 46.1 Å². The van der Waals surface area contributed by atoms with Crippen LogP contribution in [-0.4, -0.2) is 23.1 Å². The van der Waals surface area contributed by atoms with Gasteiger partial charge in [0, 0.05) is 0 Å². The Morgan fingerprint density at radius 2 is 1.13 bits per heavy atom.